The number of hydrogen-bond donors (Lipinski definition) is 1. The summed E-state index contributed by atoms with van der Waals surface area (Å²) in [6.07, 6.45) is -1.11. The van der Waals surface area contributed by atoms with Crippen LogP contribution in [0.25, 0.3) is 0 Å². The number of para-hydroxylation sites is 2. The second-order valence-electron chi connectivity index (χ2n) is 6.00. The Bertz CT molecular complexity index is 822. The summed E-state index contributed by atoms with van der Waals surface area (Å²) in [6.45, 7) is 3.92. The lowest BCUT2D eigenvalue weighted by molar-refractivity contribution is -0.134. The number of aryl methyl sites for hydroxylation is 2. The number of amides is 1. The van der Waals surface area contributed by atoms with Gasteiger partial charge in [0.25, 0.3) is 0 Å². The SMILES string of the molecule is Cc1ccc(C)c(NC(=O)C(Oc2ccccc2)Oc2ccccc2)c1. The Morgan fingerprint density at radius 1 is 0.808 bits per heavy atom. The lowest BCUT2D eigenvalue weighted by Crippen LogP contribution is -2.38. The summed E-state index contributed by atoms with van der Waals surface area (Å²) in [7, 11) is 0. The fraction of sp³-hybridized carbons (Fsp3) is 0.136. The first kappa shape index (κ1) is 17.5. The Labute approximate surface area is 153 Å². The number of ether oxygens (including phenoxy) is 2. The first-order valence-electron chi connectivity index (χ1n) is 8.43. The molecule has 0 aliphatic rings. The van der Waals surface area contributed by atoms with Crippen LogP contribution in [-0.2, 0) is 4.79 Å². The van der Waals surface area contributed by atoms with Crippen molar-refractivity contribution in [1.29, 1.82) is 0 Å². The lowest BCUT2D eigenvalue weighted by atomic mass is 10.1. The molecule has 0 aliphatic carbocycles. The van der Waals surface area contributed by atoms with E-state index in [0.717, 1.165) is 16.8 Å². The molecule has 0 bridgehead atoms. The molecule has 3 aromatic rings. The van der Waals surface area contributed by atoms with Gasteiger partial charge in [-0.3, -0.25) is 4.79 Å². The van der Waals surface area contributed by atoms with E-state index < -0.39 is 6.29 Å². The summed E-state index contributed by atoms with van der Waals surface area (Å²) in [5.41, 5.74) is 2.78. The zero-order valence-electron chi connectivity index (χ0n) is 14.8. The summed E-state index contributed by atoms with van der Waals surface area (Å²) in [6, 6.07) is 24.2. The van der Waals surface area contributed by atoms with Crippen molar-refractivity contribution in [2.24, 2.45) is 0 Å². The Balaban J connectivity index is 1.81. The largest absolute Gasteiger partial charge is 0.446 e. The molecule has 0 aromatic heterocycles. The van der Waals surface area contributed by atoms with Gasteiger partial charge in [0.1, 0.15) is 11.5 Å². The van der Waals surface area contributed by atoms with E-state index in [1.165, 1.54) is 0 Å². The topological polar surface area (TPSA) is 47.6 Å². The van der Waals surface area contributed by atoms with Gasteiger partial charge in [0.15, 0.2) is 0 Å². The quantitative estimate of drug-likeness (QED) is 0.656. The Morgan fingerprint density at radius 3 is 1.88 bits per heavy atom. The van der Waals surface area contributed by atoms with Gasteiger partial charge in [-0.25, -0.2) is 0 Å². The summed E-state index contributed by atoms with van der Waals surface area (Å²) >= 11 is 0. The Morgan fingerprint density at radius 2 is 1.35 bits per heavy atom. The first-order chi connectivity index (χ1) is 12.6. The molecule has 132 valence electrons. The molecule has 0 saturated carbocycles. The van der Waals surface area contributed by atoms with E-state index in [4.69, 9.17) is 9.47 Å². The number of carbonyl (C=O) groups is 1. The number of rotatable bonds is 6. The van der Waals surface area contributed by atoms with Gasteiger partial charge in [-0.1, -0.05) is 48.5 Å². The molecule has 0 unspecified atom stereocenters. The van der Waals surface area contributed by atoms with Crippen LogP contribution < -0.4 is 14.8 Å². The predicted octanol–water partition coefficient (Wildman–Crippen LogP) is 4.73. The van der Waals surface area contributed by atoms with Gasteiger partial charge in [0, 0.05) is 5.69 Å². The van der Waals surface area contributed by atoms with E-state index >= 15 is 0 Å². The highest BCUT2D eigenvalue weighted by Gasteiger charge is 2.23. The maximum atomic E-state index is 12.8. The second kappa shape index (κ2) is 8.21. The molecular formula is C22H21NO3. The normalized spacial score (nSPS) is 10.4. The molecule has 0 aliphatic heterocycles. The minimum atomic E-state index is -1.11. The summed E-state index contributed by atoms with van der Waals surface area (Å²) in [4.78, 5) is 12.8. The zero-order chi connectivity index (χ0) is 18.4. The molecule has 1 amide bonds. The zero-order valence-corrected chi connectivity index (χ0v) is 14.8. The minimum Gasteiger partial charge on any atom is -0.446 e. The van der Waals surface area contributed by atoms with E-state index in [2.05, 4.69) is 5.32 Å². The van der Waals surface area contributed by atoms with Gasteiger partial charge >= 0.3 is 12.2 Å². The molecular weight excluding hydrogens is 326 g/mol. The van der Waals surface area contributed by atoms with Crippen LogP contribution in [0.3, 0.4) is 0 Å². The third-order valence-corrected chi connectivity index (χ3v) is 3.84. The van der Waals surface area contributed by atoms with Crippen molar-refractivity contribution in [3.8, 4) is 11.5 Å². The van der Waals surface area contributed by atoms with Crippen LogP contribution >= 0.6 is 0 Å². The number of nitrogens with one attached hydrogen (secondary N) is 1. The van der Waals surface area contributed by atoms with Crippen molar-refractivity contribution in [3.05, 3.63) is 90.0 Å². The van der Waals surface area contributed by atoms with Crippen molar-refractivity contribution >= 4 is 11.6 Å². The molecule has 0 atom stereocenters. The van der Waals surface area contributed by atoms with Crippen LogP contribution in [0, 0.1) is 13.8 Å². The molecule has 0 spiro atoms. The number of benzene rings is 3. The van der Waals surface area contributed by atoms with E-state index in [9.17, 15) is 4.79 Å². The van der Waals surface area contributed by atoms with E-state index in [1.807, 2.05) is 68.4 Å². The van der Waals surface area contributed by atoms with Crippen molar-refractivity contribution in [1.82, 2.24) is 0 Å². The molecule has 26 heavy (non-hydrogen) atoms. The van der Waals surface area contributed by atoms with Gasteiger partial charge in [0.05, 0.1) is 0 Å². The van der Waals surface area contributed by atoms with Crippen molar-refractivity contribution in [2.75, 3.05) is 5.32 Å². The molecule has 0 radical (unpaired) electrons. The fourth-order valence-corrected chi connectivity index (χ4v) is 2.44. The highest BCUT2D eigenvalue weighted by molar-refractivity contribution is 5.94. The van der Waals surface area contributed by atoms with E-state index in [1.54, 1.807) is 24.3 Å². The third kappa shape index (κ3) is 4.63. The highest BCUT2D eigenvalue weighted by atomic mass is 16.7. The Hall–Kier alpha value is -3.27. The smallest absolute Gasteiger partial charge is 0.321 e. The Kier molecular flexibility index (Phi) is 5.54. The molecule has 0 saturated heterocycles. The van der Waals surface area contributed by atoms with Gasteiger partial charge in [-0.2, -0.15) is 0 Å². The van der Waals surface area contributed by atoms with Crippen molar-refractivity contribution in [3.63, 3.8) is 0 Å². The van der Waals surface area contributed by atoms with E-state index in [-0.39, 0.29) is 5.91 Å². The molecule has 3 rings (SSSR count). The number of carbonyl (C=O) groups excluding carboxylic acids is 1. The van der Waals surface area contributed by atoms with Crippen LogP contribution in [0.2, 0.25) is 0 Å². The van der Waals surface area contributed by atoms with Gasteiger partial charge in [0.2, 0.25) is 0 Å². The fourth-order valence-electron chi connectivity index (χ4n) is 2.44. The third-order valence-electron chi connectivity index (χ3n) is 3.84. The van der Waals surface area contributed by atoms with Gasteiger partial charge in [-0.15, -0.1) is 0 Å². The standard InChI is InChI=1S/C22H21NO3/c1-16-13-14-17(2)20(15-16)23-21(24)22(25-18-9-5-3-6-10-18)26-19-11-7-4-8-12-19/h3-15,22H,1-2H3,(H,23,24). The molecule has 1 N–H and O–H groups in total. The number of hydrogen-bond acceptors (Lipinski definition) is 3. The molecule has 4 heteroatoms. The van der Waals surface area contributed by atoms with Gasteiger partial charge < -0.3 is 14.8 Å². The van der Waals surface area contributed by atoms with Crippen LogP contribution in [0.1, 0.15) is 11.1 Å². The average Bonchev–Trinajstić information content (AvgIpc) is 2.66. The van der Waals surface area contributed by atoms with Gasteiger partial charge in [-0.05, 0) is 55.3 Å². The van der Waals surface area contributed by atoms with Crippen LogP contribution in [0.4, 0.5) is 5.69 Å². The summed E-state index contributed by atoms with van der Waals surface area (Å²) < 4.78 is 11.6. The average molecular weight is 347 g/mol. The number of anilines is 1. The molecule has 4 nitrogen and oxygen atoms in total. The highest BCUT2D eigenvalue weighted by Crippen LogP contribution is 2.20. The monoisotopic (exact) mass is 347 g/mol. The molecule has 0 fully saturated rings. The van der Waals surface area contributed by atoms with Crippen LogP contribution in [-0.4, -0.2) is 12.2 Å². The van der Waals surface area contributed by atoms with Crippen molar-refractivity contribution < 1.29 is 14.3 Å². The molecule has 0 heterocycles. The minimum absolute atomic E-state index is 0.369. The summed E-state index contributed by atoms with van der Waals surface area (Å²) in [5.74, 6) is 0.750. The summed E-state index contributed by atoms with van der Waals surface area (Å²) in [5, 5.41) is 2.90. The van der Waals surface area contributed by atoms with Crippen LogP contribution in [0.15, 0.2) is 78.9 Å². The van der Waals surface area contributed by atoms with E-state index in [0.29, 0.717) is 11.5 Å². The predicted molar refractivity (Wildman–Crippen MR) is 102 cm³/mol. The van der Waals surface area contributed by atoms with Crippen LogP contribution in [0.5, 0.6) is 11.5 Å². The first-order valence-corrected chi connectivity index (χ1v) is 8.43. The van der Waals surface area contributed by atoms with Crippen molar-refractivity contribution in [2.45, 2.75) is 20.1 Å². The maximum absolute atomic E-state index is 12.8. The molecule has 3 aromatic carbocycles. The lowest BCUT2D eigenvalue weighted by Gasteiger charge is -2.20. The second-order valence-corrected chi connectivity index (χ2v) is 6.00. The maximum Gasteiger partial charge on any atom is 0.321 e.